The van der Waals surface area contributed by atoms with Gasteiger partial charge < -0.3 is 9.84 Å². The van der Waals surface area contributed by atoms with Gasteiger partial charge in [0.2, 0.25) is 10.0 Å². The number of nitrogens with one attached hydrogen (secondary N) is 1. The number of carbonyl (C=O) groups excluding carboxylic acids is 1. The molecule has 1 saturated heterocycles. The van der Waals surface area contributed by atoms with Crippen molar-refractivity contribution in [2.24, 2.45) is 0 Å². The number of nitrogens with zero attached hydrogens (tertiary/aromatic N) is 3. The van der Waals surface area contributed by atoms with E-state index < -0.39 is 10.0 Å². The lowest BCUT2D eigenvalue weighted by Gasteiger charge is -2.31. The Morgan fingerprint density at radius 3 is 2.64 bits per heavy atom. The van der Waals surface area contributed by atoms with E-state index in [1.165, 1.54) is 4.31 Å². The molecular formula is C19H28N4O4S. The lowest BCUT2D eigenvalue weighted by atomic mass is 10.0. The lowest BCUT2D eigenvalue weighted by molar-refractivity contribution is 0.0925. The van der Waals surface area contributed by atoms with Crippen LogP contribution in [0.1, 0.15) is 67.7 Å². The van der Waals surface area contributed by atoms with Crippen LogP contribution >= 0.6 is 0 Å². The van der Waals surface area contributed by atoms with Crippen molar-refractivity contribution < 1.29 is 17.7 Å². The Kier molecular flexibility index (Phi) is 6.04. The quantitative estimate of drug-likeness (QED) is 0.788. The van der Waals surface area contributed by atoms with Gasteiger partial charge in [-0.2, -0.15) is 0 Å². The van der Waals surface area contributed by atoms with Gasteiger partial charge in [0, 0.05) is 24.8 Å². The summed E-state index contributed by atoms with van der Waals surface area (Å²) >= 11 is 0. The molecule has 3 rings (SSSR count). The van der Waals surface area contributed by atoms with Crippen molar-refractivity contribution in [2.75, 3.05) is 18.8 Å². The molecule has 1 fully saturated rings. The summed E-state index contributed by atoms with van der Waals surface area (Å²) in [5.74, 6) is 0.118. The highest BCUT2D eigenvalue weighted by molar-refractivity contribution is 7.89. The summed E-state index contributed by atoms with van der Waals surface area (Å²) in [6, 6.07) is 1.74. The first-order valence-electron chi connectivity index (χ1n) is 9.78. The predicted octanol–water partition coefficient (Wildman–Crippen LogP) is 2.59. The standard InChI is InChI=1S/C19H28N4O4S/c1-5-10-28(25,26)23-8-6-14(7-9-23)20-18(24)15-11-16(12(2)3)21-19-17(15)13(4)22-27-19/h11-12,14H,5-10H2,1-4H3,(H,20,24). The van der Waals surface area contributed by atoms with Gasteiger partial charge in [0.05, 0.1) is 22.4 Å². The molecule has 9 heteroatoms. The van der Waals surface area contributed by atoms with Crippen LogP contribution in [0.5, 0.6) is 0 Å². The summed E-state index contributed by atoms with van der Waals surface area (Å²) in [6.45, 7) is 8.52. The van der Waals surface area contributed by atoms with Gasteiger partial charge >= 0.3 is 0 Å². The molecule has 1 aliphatic rings. The van der Waals surface area contributed by atoms with Crippen molar-refractivity contribution >= 4 is 27.0 Å². The number of piperidine rings is 1. The summed E-state index contributed by atoms with van der Waals surface area (Å²) in [7, 11) is -3.19. The normalized spacial score (nSPS) is 16.8. The van der Waals surface area contributed by atoms with Crippen molar-refractivity contribution in [1.82, 2.24) is 19.8 Å². The van der Waals surface area contributed by atoms with E-state index in [4.69, 9.17) is 4.52 Å². The lowest BCUT2D eigenvalue weighted by Crippen LogP contribution is -2.47. The number of rotatable bonds is 6. The molecule has 0 saturated carbocycles. The van der Waals surface area contributed by atoms with Crippen molar-refractivity contribution in [3.8, 4) is 0 Å². The first-order chi connectivity index (χ1) is 13.2. The van der Waals surface area contributed by atoms with E-state index in [0.717, 1.165) is 5.69 Å². The third-order valence-corrected chi connectivity index (χ3v) is 7.19. The number of fused-ring (bicyclic) bond motifs is 1. The Bertz CT molecular complexity index is 960. The van der Waals surface area contributed by atoms with E-state index >= 15 is 0 Å². The minimum Gasteiger partial charge on any atom is -0.349 e. The minimum atomic E-state index is -3.19. The van der Waals surface area contributed by atoms with Crippen LogP contribution in [0.15, 0.2) is 10.6 Å². The van der Waals surface area contributed by atoms with Crippen LogP contribution in [0.25, 0.3) is 11.1 Å². The maximum absolute atomic E-state index is 13.0. The Labute approximate surface area is 165 Å². The van der Waals surface area contributed by atoms with Gasteiger partial charge in [-0.05, 0) is 38.2 Å². The van der Waals surface area contributed by atoms with E-state index in [2.05, 4.69) is 15.5 Å². The molecule has 0 radical (unpaired) electrons. The molecule has 0 spiro atoms. The Balaban J connectivity index is 1.75. The number of aryl methyl sites for hydroxylation is 1. The highest BCUT2D eigenvalue weighted by atomic mass is 32.2. The zero-order valence-corrected chi connectivity index (χ0v) is 17.7. The van der Waals surface area contributed by atoms with Gasteiger partial charge in [-0.25, -0.2) is 17.7 Å². The smallest absolute Gasteiger partial charge is 0.259 e. The third kappa shape index (κ3) is 4.20. The summed E-state index contributed by atoms with van der Waals surface area (Å²) in [6.07, 6.45) is 1.80. The van der Waals surface area contributed by atoms with Gasteiger partial charge in [-0.1, -0.05) is 25.9 Å². The molecule has 2 aromatic heterocycles. The topological polar surface area (TPSA) is 105 Å². The first kappa shape index (κ1) is 20.7. The average Bonchev–Trinajstić information content (AvgIpc) is 3.02. The summed E-state index contributed by atoms with van der Waals surface area (Å²) < 4.78 is 31.2. The molecule has 8 nitrogen and oxygen atoms in total. The van der Waals surface area contributed by atoms with Crippen LogP contribution < -0.4 is 5.32 Å². The van der Waals surface area contributed by atoms with Gasteiger partial charge in [-0.15, -0.1) is 0 Å². The highest BCUT2D eigenvalue weighted by Crippen LogP contribution is 2.25. The zero-order valence-electron chi connectivity index (χ0n) is 16.9. The highest BCUT2D eigenvalue weighted by Gasteiger charge is 2.29. The fraction of sp³-hybridized carbons (Fsp3) is 0.632. The molecule has 1 aliphatic heterocycles. The molecule has 0 aromatic carbocycles. The van der Waals surface area contributed by atoms with Gasteiger partial charge in [0.1, 0.15) is 0 Å². The number of pyridine rings is 1. The zero-order chi connectivity index (χ0) is 20.5. The van der Waals surface area contributed by atoms with Crippen LogP contribution in [0.2, 0.25) is 0 Å². The fourth-order valence-corrected chi connectivity index (χ4v) is 5.06. The summed E-state index contributed by atoms with van der Waals surface area (Å²) in [4.78, 5) is 17.4. The molecule has 154 valence electrons. The molecule has 1 amide bonds. The number of carbonyl (C=O) groups is 1. The summed E-state index contributed by atoms with van der Waals surface area (Å²) in [5.41, 5.74) is 2.28. The molecule has 1 N–H and O–H groups in total. The Morgan fingerprint density at radius 1 is 1.36 bits per heavy atom. The van der Waals surface area contributed by atoms with Crippen molar-refractivity contribution in [3.05, 3.63) is 23.0 Å². The maximum Gasteiger partial charge on any atom is 0.259 e. The second-order valence-corrected chi connectivity index (χ2v) is 9.75. The third-order valence-electron chi connectivity index (χ3n) is 5.12. The molecule has 28 heavy (non-hydrogen) atoms. The van der Waals surface area contributed by atoms with Crippen LogP contribution in [0.3, 0.4) is 0 Å². The molecule has 0 unspecified atom stereocenters. The molecule has 0 bridgehead atoms. The van der Waals surface area contributed by atoms with Gasteiger partial charge in [-0.3, -0.25) is 4.79 Å². The average molecular weight is 409 g/mol. The second-order valence-electron chi connectivity index (χ2n) is 7.66. The molecule has 0 aliphatic carbocycles. The monoisotopic (exact) mass is 408 g/mol. The molecule has 0 atom stereocenters. The van der Waals surface area contributed by atoms with Crippen LogP contribution in [-0.2, 0) is 10.0 Å². The van der Waals surface area contributed by atoms with Crippen LogP contribution in [0, 0.1) is 6.92 Å². The van der Waals surface area contributed by atoms with Crippen molar-refractivity contribution in [1.29, 1.82) is 0 Å². The Hall–Kier alpha value is -2.00. The minimum absolute atomic E-state index is 0.0635. The molecule has 2 aromatic rings. The number of sulfonamides is 1. The number of hydrogen-bond donors (Lipinski definition) is 1. The van der Waals surface area contributed by atoms with Crippen molar-refractivity contribution in [3.63, 3.8) is 0 Å². The maximum atomic E-state index is 13.0. The molecular weight excluding hydrogens is 380 g/mol. The number of aromatic nitrogens is 2. The summed E-state index contributed by atoms with van der Waals surface area (Å²) in [5, 5.41) is 7.64. The van der Waals surface area contributed by atoms with E-state index in [1.54, 1.807) is 13.0 Å². The molecule has 3 heterocycles. The number of hydrogen-bond acceptors (Lipinski definition) is 6. The van der Waals surface area contributed by atoms with E-state index in [-0.39, 0.29) is 23.6 Å². The SMILES string of the molecule is CCCS(=O)(=O)N1CCC(NC(=O)c2cc(C(C)C)nc3onc(C)c23)CC1. The second kappa shape index (κ2) is 8.16. The van der Waals surface area contributed by atoms with Gasteiger partial charge in [0.25, 0.3) is 11.6 Å². The van der Waals surface area contributed by atoms with Crippen LogP contribution in [-0.4, -0.2) is 53.7 Å². The fourth-order valence-electron chi connectivity index (χ4n) is 3.52. The van der Waals surface area contributed by atoms with E-state index in [0.29, 0.717) is 54.7 Å². The van der Waals surface area contributed by atoms with Gasteiger partial charge in [0.15, 0.2) is 0 Å². The largest absolute Gasteiger partial charge is 0.349 e. The number of amides is 1. The Morgan fingerprint density at radius 2 is 2.04 bits per heavy atom. The van der Waals surface area contributed by atoms with E-state index in [1.807, 2.05) is 20.8 Å². The van der Waals surface area contributed by atoms with Crippen molar-refractivity contribution in [2.45, 2.75) is 58.9 Å². The predicted molar refractivity (Wildman–Crippen MR) is 107 cm³/mol. The van der Waals surface area contributed by atoms with E-state index in [9.17, 15) is 13.2 Å². The van der Waals surface area contributed by atoms with Crippen LogP contribution in [0.4, 0.5) is 0 Å². The first-order valence-corrected chi connectivity index (χ1v) is 11.4.